The van der Waals surface area contributed by atoms with E-state index in [2.05, 4.69) is 10.6 Å². The van der Waals surface area contributed by atoms with Crippen molar-refractivity contribution in [3.63, 3.8) is 0 Å². The molecular formula is C19H16N4O. The first-order valence-electron chi connectivity index (χ1n) is 7.37. The fourth-order valence-corrected chi connectivity index (χ4v) is 2.07. The van der Waals surface area contributed by atoms with Crippen LogP contribution >= 0.6 is 0 Å². The van der Waals surface area contributed by atoms with E-state index in [9.17, 15) is 4.79 Å². The predicted octanol–water partition coefficient (Wildman–Crippen LogP) is 3.52. The molecule has 0 fully saturated rings. The molecule has 0 aliphatic rings. The molecule has 0 saturated carbocycles. The molecule has 1 unspecified atom stereocenters. The van der Waals surface area contributed by atoms with Crippen molar-refractivity contribution in [2.24, 2.45) is 0 Å². The van der Waals surface area contributed by atoms with Crippen molar-refractivity contribution >= 4 is 11.6 Å². The number of allylic oxidation sites excluding steroid dienone is 1. The second-order valence-corrected chi connectivity index (χ2v) is 5.11. The molecule has 0 aliphatic heterocycles. The summed E-state index contributed by atoms with van der Waals surface area (Å²) >= 11 is 0. The van der Waals surface area contributed by atoms with Gasteiger partial charge >= 0.3 is 0 Å². The Balaban J connectivity index is 2.00. The molecule has 118 valence electrons. The van der Waals surface area contributed by atoms with E-state index in [0.29, 0.717) is 11.3 Å². The largest absolute Gasteiger partial charge is 0.360 e. The van der Waals surface area contributed by atoms with E-state index < -0.39 is 0 Å². The van der Waals surface area contributed by atoms with Gasteiger partial charge in [-0.2, -0.15) is 10.5 Å². The third kappa shape index (κ3) is 4.46. The number of amides is 1. The zero-order valence-electron chi connectivity index (χ0n) is 13.2. The molecule has 2 rings (SSSR count). The Morgan fingerprint density at radius 1 is 1.04 bits per heavy atom. The van der Waals surface area contributed by atoms with Crippen molar-refractivity contribution in [1.82, 2.24) is 5.32 Å². The van der Waals surface area contributed by atoms with Crippen molar-refractivity contribution in [2.45, 2.75) is 13.0 Å². The van der Waals surface area contributed by atoms with Gasteiger partial charge in [0.05, 0.1) is 6.04 Å². The molecule has 0 saturated heterocycles. The SMILES string of the molecule is CC(NC(=O)c1ccc(NC=C(C#N)C#N)cc1)c1ccccc1. The van der Waals surface area contributed by atoms with Crippen LogP contribution in [0.15, 0.2) is 66.4 Å². The summed E-state index contributed by atoms with van der Waals surface area (Å²) in [7, 11) is 0. The van der Waals surface area contributed by atoms with E-state index in [-0.39, 0.29) is 17.5 Å². The van der Waals surface area contributed by atoms with Crippen LogP contribution in [-0.4, -0.2) is 5.91 Å². The molecule has 1 amide bonds. The summed E-state index contributed by atoms with van der Waals surface area (Å²) in [4.78, 5) is 12.3. The van der Waals surface area contributed by atoms with Crippen molar-refractivity contribution in [1.29, 1.82) is 10.5 Å². The van der Waals surface area contributed by atoms with Gasteiger partial charge < -0.3 is 10.6 Å². The van der Waals surface area contributed by atoms with Gasteiger partial charge in [0.15, 0.2) is 0 Å². The average molecular weight is 316 g/mol. The van der Waals surface area contributed by atoms with Crippen LogP contribution in [0.25, 0.3) is 0 Å². The highest BCUT2D eigenvalue weighted by atomic mass is 16.1. The Morgan fingerprint density at radius 2 is 1.67 bits per heavy atom. The van der Waals surface area contributed by atoms with E-state index in [1.807, 2.05) is 37.3 Å². The van der Waals surface area contributed by atoms with Gasteiger partial charge in [0.25, 0.3) is 5.91 Å². The molecule has 2 N–H and O–H groups in total. The lowest BCUT2D eigenvalue weighted by atomic mass is 10.1. The van der Waals surface area contributed by atoms with Crippen LogP contribution in [0, 0.1) is 22.7 Å². The van der Waals surface area contributed by atoms with Crippen LogP contribution in [0.3, 0.4) is 0 Å². The van der Waals surface area contributed by atoms with E-state index in [1.165, 1.54) is 6.20 Å². The van der Waals surface area contributed by atoms with Crippen molar-refractivity contribution in [3.05, 3.63) is 77.5 Å². The first-order valence-corrected chi connectivity index (χ1v) is 7.37. The highest BCUT2D eigenvalue weighted by Gasteiger charge is 2.10. The number of carbonyl (C=O) groups is 1. The van der Waals surface area contributed by atoms with Crippen LogP contribution in [0.2, 0.25) is 0 Å². The molecule has 24 heavy (non-hydrogen) atoms. The molecule has 2 aromatic carbocycles. The van der Waals surface area contributed by atoms with Gasteiger partial charge in [0.2, 0.25) is 0 Å². The van der Waals surface area contributed by atoms with Crippen molar-refractivity contribution in [2.75, 3.05) is 5.32 Å². The van der Waals surface area contributed by atoms with Crippen LogP contribution in [0.4, 0.5) is 5.69 Å². The Labute approximate surface area is 140 Å². The van der Waals surface area contributed by atoms with E-state index in [4.69, 9.17) is 10.5 Å². The van der Waals surface area contributed by atoms with Crippen molar-refractivity contribution < 1.29 is 4.79 Å². The van der Waals surface area contributed by atoms with E-state index in [0.717, 1.165) is 5.56 Å². The molecule has 0 aliphatic carbocycles. The summed E-state index contributed by atoms with van der Waals surface area (Å²) in [5, 5.41) is 23.1. The number of carbonyl (C=O) groups excluding carboxylic acids is 1. The Hall–Kier alpha value is -3.57. The topological polar surface area (TPSA) is 88.7 Å². The van der Waals surface area contributed by atoms with Gasteiger partial charge in [-0.05, 0) is 36.8 Å². The van der Waals surface area contributed by atoms with Crippen LogP contribution in [0.1, 0.15) is 28.9 Å². The zero-order valence-corrected chi connectivity index (χ0v) is 13.2. The second-order valence-electron chi connectivity index (χ2n) is 5.11. The monoisotopic (exact) mass is 316 g/mol. The summed E-state index contributed by atoms with van der Waals surface area (Å²) in [6, 6.07) is 20.0. The minimum Gasteiger partial charge on any atom is -0.360 e. The number of hydrogen-bond acceptors (Lipinski definition) is 4. The highest BCUT2D eigenvalue weighted by Crippen LogP contribution is 2.14. The molecule has 0 aromatic heterocycles. The standard InChI is InChI=1S/C19H16N4O/c1-14(16-5-3-2-4-6-16)23-19(24)17-7-9-18(10-8-17)22-13-15(11-20)12-21/h2-10,13-14,22H,1H3,(H,23,24). The van der Waals surface area contributed by atoms with Crippen LogP contribution in [-0.2, 0) is 0 Å². The van der Waals surface area contributed by atoms with Gasteiger partial charge in [0, 0.05) is 17.5 Å². The molecule has 0 spiro atoms. The Morgan fingerprint density at radius 3 is 2.25 bits per heavy atom. The molecule has 5 nitrogen and oxygen atoms in total. The third-order valence-electron chi connectivity index (χ3n) is 3.42. The summed E-state index contributed by atoms with van der Waals surface area (Å²) in [5.41, 5.74) is 2.24. The quantitative estimate of drug-likeness (QED) is 0.826. The predicted molar refractivity (Wildman–Crippen MR) is 91.7 cm³/mol. The lowest BCUT2D eigenvalue weighted by Gasteiger charge is -2.14. The average Bonchev–Trinajstić information content (AvgIpc) is 2.63. The molecule has 0 heterocycles. The number of anilines is 1. The molecule has 2 aromatic rings. The van der Waals surface area contributed by atoms with E-state index in [1.54, 1.807) is 36.4 Å². The van der Waals surface area contributed by atoms with Gasteiger partial charge in [-0.1, -0.05) is 30.3 Å². The maximum atomic E-state index is 12.3. The maximum absolute atomic E-state index is 12.3. The number of benzene rings is 2. The maximum Gasteiger partial charge on any atom is 0.251 e. The number of nitrogens with zero attached hydrogens (tertiary/aromatic N) is 2. The fourth-order valence-electron chi connectivity index (χ4n) is 2.07. The number of nitriles is 2. The number of hydrogen-bond donors (Lipinski definition) is 2. The second kappa shape index (κ2) is 8.17. The highest BCUT2D eigenvalue weighted by molar-refractivity contribution is 5.94. The number of nitrogens with one attached hydrogen (secondary N) is 2. The summed E-state index contributed by atoms with van der Waals surface area (Å²) in [6.45, 7) is 1.93. The smallest absolute Gasteiger partial charge is 0.251 e. The fraction of sp³-hybridized carbons (Fsp3) is 0.105. The van der Waals surface area contributed by atoms with Gasteiger partial charge in [-0.15, -0.1) is 0 Å². The van der Waals surface area contributed by atoms with Crippen LogP contribution < -0.4 is 10.6 Å². The minimum atomic E-state index is -0.164. The summed E-state index contributed by atoms with van der Waals surface area (Å²) in [6.07, 6.45) is 1.33. The van der Waals surface area contributed by atoms with Gasteiger partial charge in [-0.3, -0.25) is 4.79 Å². The van der Waals surface area contributed by atoms with Gasteiger partial charge in [-0.25, -0.2) is 0 Å². The summed E-state index contributed by atoms with van der Waals surface area (Å²) < 4.78 is 0. The lowest BCUT2D eigenvalue weighted by Crippen LogP contribution is -2.26. The molecule has 5 heteroatoms. The molecule has 1 atom stereocenters. The van der Waals surface area contributed by atoms with Gasteiger partial charge in [0.1, 0.15) is 17.7 Å². The first-order chi connectivity index (χ1) is 11.6. The molecule has 0 bridgehead atoms. The normalized spacial score (nSPS) is 10.6. The number of rotatable bonds is 5. The Bertz CT molecular complexity index is 795. The third-order valence-corrected chi connectivity index (χ3v) is 3.42. The molecule has 0 radical (unpaired) electrons. The lowest BCUT2D eigenvalue weighted by molar-refractivity contribution is 0.0940. The van der Waals surface area contributed by atoms with Crippen LogP contribution in [0.5, 0.6) is 0 Å². The Kier molecular flexibility index (Phi) is 5.71. The van der Waals surface area contributed by atoms with Crippen molar-refractivity contribution in [3.8, 4) is 12.1 Å². The first kappa shape index (κ1) is 16.8. The van der Waals surface area contributed by atoms with E-state index >= 15 is 0 Å². The zero-order chi connectivity index (χ0) is 17.4. The minimum absolute atomic E-state index is 0.0199. The molecular weight excluding hydrogens is 300 g/mol. The summed E-state index contributed by atoms with van der Waals surface area (Å²) in [5.74, 6) is -0.164.